The van der Waals surface area contributed by atoms with E-state index in [-0.39, 0.29) is 17.6 Å². The van der Waals surface area contributed by atoms with Crippen LogP contribution in [0.2, 0.25) is 0 Å². The van der Waals surface area contributed by atoms with E-state index in [2.05, 4.69) is 57.1 Å². The number of nitrogens with zero attached hydrogens (tertiary/aromatic N) is 4. The van der Waals surface area contributed by atoms with Gasteiger partial charge < -0.3 is 15.4 Å². The Balaban J connectivity index is 1.53. The summed E-state index contributed by atoms with van der Waals surface area (Å²) in [5.74, 6) is 0.00434. The molecule has 4 aliphatic heterocycles. The van der Waals surface area contributed by atoms with Crippen LogP contribution in [0, 0.1) is 0 Å². The zero-order valence-corrected chi connectivity index (χ0v) is 19.0. The minimum Gasteiger partial charge on any atom is -0.381 e. The highest BCUT2D eigenvalue weighted by molar-refractivity contribution is 6.00. The van der Waals surface area contributed by atoms with Crippen molar-refractivity contribution in [2.24, 2.45) is 17.3 Å². The SMILES string of the molecule is CC[C@@]1(c2cccc(-c3ccnn3C)c2)C2=CN=NC2NC2=C1C(=O)NC1(CCOCC1)C2. The minimum atomic E-state index is -0.597. The molecular formula is C25H28N6O2. The third-order valence-corrected chi connectivity index (χ3v) is 7.78. The number of benzene rings is 1. The van der Waals surface area contributed by atoms with Crippen molar-refractivity contribution >= 4 is 5.91 Å². The predicted octanol–water partition coefficient (Wildman–Crippen LogP) is 3.34. The molecule has 1 aromatic carbocycles. The Morgan fingerprint density at radius 2 is 2.09 bits per heavy atom. The van der Waals surface area contributed by atoms with Crippen LogP contribution in [-0.2, 0) is 22.0 Å². The summed E-state index contributed by atoms with van der Waals surface area (Å²) in [6, 6.07) is 10.5. The van der Waals surface area contributed by atoms with Gasteiger partial charge in [0, 0.05) is 49.7 Å². The molecule has 8 heteroatoms. The maximum atomic E-state index is 13.9. The molecule has 1 unspecified atom stereocenters. The van der Waals surface area contributed by atoms with Crippen LogP contribution in [0.5, 0.6) is 0 Å². The maximum Gasteiger partial charge on any atom is 0.250 e. The molecule has 0 aliphatic carbocycles. The first-order valence-corrected chi connectivity index (χ1v) is 11.7. The van der Waals surface area contributed by atoms with E-state index in [1.807, 2.05) is 24.0 Å². The van der Waals surface area contributed by atoms with Gasteiger partial charge in [-0.15, -0.1) is 0 Å². The molecule has 1 saturated heterocycles. The Morgan fingerprint density at radius 3 is 2.85 bits per heavy atom. The van der Waals surface area contributed by atoms with Gasteiger partial charge in [0.1, 0.15) is 0 Å². The second kappa shape index (κ2) is 7.38. The van der Waals surface area contributed by atoms with Crippen LogP contribution in [0.25, 0.3) is 11.3 Å². The first kappa shape index (κ1) is 20.4. The molecule has 2 aromatic rings. The van der Waals surface area contributed by atoms with Crippen molar-refractivity contribution in [1.29, 1.82) is 0 Å². The first-order chi connectivity index (χ1) is 16.1. The van der Waals surface area contributed by atoms with Gasteiger partial charge in [0.05, 0.1) is 28.4 Å². The zero-order valence-electron chi connectivity index (χ0n) is 19.0. The molecule has 0 saturated carbocycles. The minimum absolute atomic E-state index is 0.00434. The Kier molecular flexibility index (Phi) is 4.55. The predicted molar refractivity (Wildman–Crippen MR) is 123 cm³/mol. The smallest absolute Gasteiger partial charge is 0.250 e. The lowest BCUT2D eigenvalue weighted by atomic mass is 9.61. The van der Waals surface area contributed by atoms with Gasteiger partial charge >= 0.3 is 0 Å². The van der Waals surface area contributed by atoms with Gasteiger partial charge in [-0.05, 0) is 37.0 Å². The Morgan fingerprint density at radius 1 is 1.24 bits per heavy atom. The quantitative estimate of drug-likeness (QED) is 0.759. The molecule has 5 heterocycles. The number of carbonyl (C=O) groups is 1. The topological polar surface area (TPSA) is 92.9 Å². The van der Waals surface area contributed by atoms with Crippen molar-refractivity contribution in [3.8, 4) is 11.3 Å². The fourth-order valence-electron chi connectivity index (χ4n) is 6.10. The number of hydrogen-bond acceptors (Lipinski definition) is 6. The van der Waals surface area contributed by atoms with Crippen LogP contribution < -0.4 is 10.6 Å². The summed E-state index contributed by atoms with van der Waals surface area (Å²) in [6.07, 6.45) is 6.54. The van der Waals surface area contributed by atoms with Gasteiger partial charge in [-0.1, -0.05) is 25.1 Å². The molecule has 1 aromatic heterocycles. The number of aromatic nitrogens is 2. The highest BCUT2D eigenvalue weighted by Crippen LogP contribution is 2.52. The summed E-state index contributed by atoms with van der Waals surface area (Å²) >= 11 is 0. The van der Waals surface area contributed by atoms with E-state index in [0.717, 1.165) is 59.3 Å². The average Bonchev–Trinajstić information content (AvgIpc) is 3.47. The molecule has 6 rings (SSSR count). The summed E-state index contributed by atoms with van der Waals surface area (Å²) in [5.41, 5.74) is 5.17. The number of carbonyl (C=O) groups excluding carboxylic acids is 1. The molecule has 2 N–H and O–H groups in total. The van der Waals surface area contributed by atoms with Crippen molar-refractivity contribution in [1.82, 2.24) is 20.4 Å². The standard InChI is InChI=1S/C25H28N6O2/c1-3-25(17-6-4-5-16(13-17)20-7-10-27-31(20)2)18-15-26-30-22(18)28-19-14-24(8-11-33-12-9-24)29-23(32)21(19)25/h4-7,10,13,15,22,28H,3,8-9,11-12,14H2,1-2H3,(H,29,32)/t22?,25-/m1/s1. The molecule has 33 heavy (non-hydrogen) atoms. The number of aryl methyl sites for hydroxylation is 1. The van der Waals surface area contributed by atoms with Gasteiger partial charge in [-0.3, -0.25) is 9.48 Å². The van der Waals surface area contributed by atoms with Crippen molar-refractivity contribution in [2.45, 2.75) is 49.7 Å². The van der Waals surface area contributed by atoms with E-state index in [1.54, 1.807) is 6.20 Å². The van der Waals surface area contributed by atoms with Crippen molar-refractivity contribution < 1.29 is 9.53 Å². The number of nitrogens with one attached hydrogen (secondary N) is 2. The van der Waals surface area contributed by atoms with Crippen LogP contribution in [0.3, 0.4) is 0 Å². The van der Waals surface area contributed by atoms with Crippen LogP contribution in [0.15, 0.2) is 69.8 Å². The van der Waals surface area contributed by atoms with E-state index < -0.39 is 5.41 Å². The second-order valence-corrected chi connectivity index (χ2v) is 9.42. The van der Waals surface area contributed by atoms with Crippen molar-refractivity contribution in [3.63, 3.8) is 0 Å². The summed E-state index contributed by atoms with van der Waals surface area (Å²) in [4.78, 5) is 13.9. The molecule has 4 aliphatic rings. The lowest BCUT2D eigenvalue weighted by Crippen LogP contribution is -2.61. The van der Waals surface area contributed by atoms with Gasteiger partial charge in [-0.25, -0.2) is 0 Å². The third-order valence-electron chi connectivity index (χ3n) is 7.78. The van der Waals surface area contributed by atoms with Crippen LogP contribution in [-0.4, -0.2) is 40.6 Å². The number of azo groups is 1. The highest BCUT2D eigenvalue weighted by Gasteiger charge is 2.54. The van der Waals surface area contributed by atoms with E-state index >= 15 is 0 Å². The summed E-state index contributed by atoms with van der Waals surface area (Å²) in [6.45, 7) is 3.49. The van der Waals surface area contributed by atoms with Gasteiger partial charge in [-0.2, -0.15) is 15.3 Å². The number of ether oxygens (including phenoxy) is 1. The van der Waals surface area contributed by atoms with Crippen molar-refractivity contribution in [3.05, 3.63) is 65.1 Å². The van der Waals surface area contributed by atoms with Crippen LogP contribution in [0.4, 0.5) is 0 Å². The van der Waals surface area contributed by atoms with E-state index in [4.69, 9.17) is 4.74 Å². The van der Waals surface area contributed by atoms with E-state index in [0.29, 0.717) is 13.2 Å². The number of rotatable bonds is 3. The molecule has 1 amide bonds. The van der Waals surface area contributed by atoms with Gasteiger partial charge in [0.25, 0.3) is 5.91 Å². The number of fused-ring (bicyclic) bond motifs is 1. The fraction of sp³-hybridized carbons (Fsp3) is 0.440. The number of amides is 1. The lowest BCUT2D eigenvalue weighted by Gasteiger charge is -2.50. The zero-order chi connectivity index (χ0) is 22.6. The average molecular weight is 445 g/mol. The largest absolute Gasteiger partial charge is 0.381 e. The van der Waals surface area contributed by atoms with Crippen molar-refractivity contribution in [2.75, 3.05) is 13.2 Å². The lowest BCUT2D eigenvalue weighted by molar-refractivity contribution is -0.122. The van der Waals surface area contributed by atoms with Crippen LogP contribution in [0.1, 0.15) is 38.2 Å². The van der Waals surface area contributed by atoms with Gasteiger partial charge in [0.2, 0.25) is 0 Å². The summed E-state index contributed by atoms with van der Waals surface area (Å²) in [5, 5.41) is 20.1. The molecule has 0 bridgehead atoms. The highest BCUT2D eigenvalue weighted by atomic mass is 16.5. The number of hydrogen-bond donors (Lipinski definition) is 2. The summed E-state index contributed by atoms with van der Waals surface area (Å²) in [7, 11) is 1.94. The van der Waals surface area contributed by atoms with Gasteiger partial charge in [0.15, 0.2) is 6.17 Å². The molecule has 2 atom stereocenters. The second-order valence-electron chi connectivity index (χ2n) is 9.42. The molecule has 1 spiro atoms. The first-order valence-electron chi connectivity index (χ1n) is 11.7. The molecule has 0 radical (unpaired) electrons. The fourth-order valence-corrected chi connectivity index (χ4v) is 6.10. The molecule has 170 valence electrons. The van der Waals surface area contributed by atoms with Crippen LogP contribution >= 0.6 is 0 Å². The maximum absolute atomic E-state index is 13.9. The molecule has 8 nitrogen and oxygen atoms in total. The third kappa shape index (κ3) is 2.93. The van der Waals surface area contributed by atoms with E-state index in [9.17, 15) is 4.79 Å². The molecular weight excluding hydrogens is 416 g/mol. The summed E-state index contributed by atoms with van der Waals surface area (Å²) < 4.78 is 7.46. The molecule has 1 fully saturated rings. The Labute approximate surface area is 192 Å². The normalized spacial score (nSPS) is 27.6. The Hall–Kier alpha value is -3.26. The monoisotopic (exact) mass is 444 g/mol. The Bertz CT molecular complexity index is 1220. The van der Waals surface area contributed by atoms with E-state index in [1.165, 1.54) is 0 Å².